The second kappa shape index (κ2) is 8.18. The monoisotopic (exact) mass is 370 g/mol. The quantitative estimate of drug-likeness (QED) is 0.624. The van der Waals surface area contributed by atoms with E-state index in [1.807, 2.05) is 43.7 Å². The molecule has 26 heavy (non-hydrogen) atoms. The van der Waals surface area contributed by atoms with Gasteiger partial charge in [-0.3, -0.25) is 14.6 Å². The average Bonchev–Trinajstić information content (AvgIpc) is 3.16. The van der Waals surface area contributed by atoms with Crippen LogP contribution >= 0.6 is 11.8 Å². The summed E-state index contributed by atoms with van der Waals surface area (Å²) in [5.74, 6) is 0.977. The van der Waals surface area contributed by atoms with Crippen molar-refractivity contribution >= 4 is 17.7 Å². The van der Waals surface area contributed by atoms with Gasteiger partial charge in [-0.15, -0.1) is 5.10 Å². The van der Waals surface area contributed by atoms with Crippen molar-refractivity contribution in [2.24, 2.45) is 0 Å². The zero-order chi connectivity index (χ0) is 18.5. The zero-order valence-corrected chi connectivity index (χ0v) is 15.9. The number of amides is 1. The van der Waals surface area contributed by atoms with Crippen molar-refractivity contribution in [3.8, 4) is 0 Å². The first-order valence-corrected chi connectivity index (χ1v) is 9.37. The first-order valence-electron chi connectivity index (χ1n) is 8.38. The third-order valence-corrected chi connectivity index (χ3v) is 4.93. The lowest BCUT2D eigenvalue weighted by Gasteiger charge is -2.07. The molecule has 0 atom stereocenters. The fourth-order valence-electron chi connectivity index (χ4n) is 2.65. The molecule has 2 heterocycles. The second-order valence-electron chi connectivity index (χ2n) is 6.06. The van der Waals surface area contributed by atoms with E-state index in [0.717, 1.165) is 29.3 Å². The standard InChI is InChI=1S/C18H22N6OS/c1-12-16(9-19-17(25)11-26-18-20-14(3)21-22-18)13(2)24(23-12)10-15-7-5-4-6-8-15/h4-8H,9-11H2,1-3H3,(H,19,25)(H,20,21,22). The number of rotatable bonds is 7. The maximum absolute atomic E-state index is 12.1. The number of thioether (sulfide) groups is 1. The van der Waals surface area contributed by atoms with Crippen LogP contribution in [-0.2, 0) is 17.9 Å². The Morgan fingerprint density at radius 3 is 2.69 bits per heavy atom. The molecule has 0 saturated carbocycles. The topological polar surface area (TPSA) is 88.5 Å². The molecule has 0 fully saturated rings. The molecule has 0 saturated heterocycles. The largest absolute Gasteiger partial charge is 0.351 e. The van der Waals surface area contributed by atoms with Crippen molar-refractivity contribution in [1.82, 2.24) is 30.3 Å². The number of nitrogens with one attached hydrogen (secondary N) is 2. The number of hydrogen-bond acceptors (Lipinski definition) is 5. The summed E-state index contributed by atoms with van der Waals surface area (Å²) >= 11 is 1.31. The van der Waals surface area contributed by atoms with Gasteiger partial charge in [0.25, 0.3) is 0 Å². The number of aromatic nitrogens is 5. The van der Waals surface area contributed by atoms with Gasteiger partial charge < -0.3 is 5.32 Å². The Morgan fingerprint density at radius 1 is 1.23 bits per heavy atom. The van der Waals surface area contributed by atoms with E-state index in [-0.39, 0.29) is 11.7 Å². The lowest BCUT2D eigenvalue weighted by molar-refractivity contribution is -0.118. The van der Waals surface area contributed by atoms with E-state index in [9.17, 15) is 4.79 Å². The summed E-state index contributed by atoms with van der Waals surface area (Å²) in [6, 6.07) is 10.2. The molecule has 1 aromatic carbocycles. The summed E-state index contributed by atoms with van der Waals surface area (Å²) in [6.45, 7) is 7.03. The van der Waals surface area contributed by atoms with Crippen molar-refractivity contribution in [3.63, 3.8) is 0 Å². The molecule has 2 N–H and O–H groups in total. The molecule has 0 aliphatic rings. The van der Waals surface area contributed by atoms with E-state index in [0.29, 0.717) is 11.7 Å². The van der Waals surface area contributed by atoms with Crippen LogP contribution in [0.1, 0.15) is 28.3 Å². The number of aromatic amines is 1. The van der Waals surface area contributed by atoms with Crippen LogP contribution in [0.2, 0.25) is 0 Å². The number of carbonyl (C=O) groups excluding carboxylic acids is 1. The summed E-state index contributed by atoms with van der Waals surface area (Å²) in [7, 11) is 0. The lowest BCUT2D eigenvalue weighted by Crippen LogP contribution is -2.25. The Labute approximate surface area is 156 Å². The van der Waals surface area contributed by atoms with E-state index in [1.54, 1.807) is 0 Å². The van der Waals surface area contributed by atoms with Crippen LogP contribution in [0.25, 0.3) is 0 Å². The van der Waals surface area contributed by atoms with Crippen molar-refractivity contribution < 1.29 is 4.79 Å². The molecule has 0 aliphatic heterocycles. The molecule has 0 unspecified atom stereocenters. The van der Waals surface area contributed by atoms with E-state index in [2.05, 4.69) is 37.7 Å². The highest BCUT2D eigenvalue weighted by Gasteiger charge is 2.13. The molecule has 1 amide bonds. The smallest absolute Gasteiger partial charge is 0.230 e. The SMILES string of the molecule is Cc1nc(SCC(=O)NCc2c(C)nn(Cc3ccccc3)c2C)n[nH]1. The highest BCUT2D eigenvalue weighted by molar-refractivity contribution is 7.99. The molecule has 0 bridgehead atoms. The first kappa shape index (κ1) is 18.2. The van der Waals surface area contributed by atoms with E-state index in [1.165, 1.54) is 17.3 Å². The van der Waals surface area contributed by atoms with Crippen molar-refractivity contribution in [1.29, 1.82) is 0 Å². The molecule has 0 radical (unpaired) electrons. The van der Waals surface area contributed by atoms with Crippen LogP contribution in [0.5, 0.6) is 0 Å². The van der Waals surface area contributed by atoms with E-state index < -0.39 is 0 Å². The minimum atomic E-state index is -0.0490. The number of benzene rings is 1. The van der Waals surface area contributed by atoms with Gasteiger partial charge in [-0.25, -0.2) is 4.98 Å². The van der Waals surface area contributed by atoms with Gasteiger partial charge in [0.1, 0.15) is 5.82 Å². The fourth-order valence-corrected chi connectivity index (χ4v) is 3.33. The summed E-state index contributed by atoms with van der Waals surface area (Å²) < 4.78 is 1.98. The van der Waals surface area contributed by atoms with Gasteiger partial charge in [0.15, 0.2) is 0 Å². The number of hydrogen-bond donors (Lipinski definition) is 2. The third-order valence-electron chi connectivity index (χ3n) is 4.08. The van der Waals surface area contributed by atoms with E-state index in [4.69, 9.17) is 0 Å². The Balaban J connectivity index is 1.56. The van der Waals surface area contributed by atoms with E-state index >= 15 is 0 Å². The molecule has 136 valence electrons. The fraction of sp³-hybridized carbons (Fsp3) is 0.333. The Bertz CT molecular complexity index is 886. The highest BCUT2D eigenvalue weighted by Crippen LogP contribution is 2.15. The minimum absolute atomic E-state index is 0.0490. The number of H-pyrrole nitrogens is 1. The zero-order valence-electron chi connectivity index (χ0n) is 15.1. The van der Waals surface area contributed by atoms with Crippen molar-refractivity contribution in [2.75, 3.05) is 5.75 Å². The average molecular weight is 370 g/mol. The normalized spacial score (nSPS) is 10.9. The van der Waals surface area contributed by atoms with Crippen molar-refractivity contribution in [2.45, 2.75) is 39.0 Å². The van der Waals surface area contributed by atoms with Crippen LogP contribution in [-0.4, -0.2) is 36.6 Å². The maximum Gasteiger partial charge on any atom is 0.230 e. The van der Waals surface area contributed by atoms with Gasteiger partial charge in [0.05, 0.1) is 18.0 Å². The van der Waals surface area contributed by atoms with Gasteiger partial charge in [0, 0.05) is 17.8 Å². The minimum Gasteiger partial charge on any atom is -0.351 e. The molecule has 7 nitrogen and oxygen atoms in total. The summed E-state index contributed by atoms with van der Waals surface area (Å²) in [4.78, 5) is 16.3. The summed E-state index contributed by atoms with van der Waals surface area (Å²) in [5, 5.41) is 14.9. The number of carbonyl (C=O) groups is 1. The highest BCUT2D eigenvalue weighted by atomic mass is 32.2. The second-order valence-corrected chi connectivity index (χ2v) is 7.00. The van der Waals surface area contributed by atoms with Gasteiger partial charge in [-0.05, 0) is 26.3 Å². The van der Waals surface area contributed by atoms with Crippen LogP contribution < -0.4 is 5.32 Å². The van der Waals surface area contributed by atoms with Crippen LogP contribution in [0.3, 0.4) is 0 Å². The van der Waals surface area contributed by atoms with Crippen molar-refractivity contribution in [3.05, 3.63) is 58.7 Å². The van der Waals surface area contributed by atoms with Gasteiger partial charge in [-0.2, -0.15) is 5.10 Å². The van der Waals surface area contributed by atoms with Gasteiger partial charge >= 0.3 is 0 Å². The van der Waals surface area contributed by atoms with Gasteiger partial charge in [0.2, 0.25) is 11.1 Å². The summed E-state index contributed by atoms with van der Waals surface area (Å²) in [5.41, 5.74) is 4.28. The molecule has 3 rings (SSSR count). The molecular formula is C18H22N6OS. The first-order chi connectivity index (χ1) is 12.5. The Kier molecular flexibility index (Phi) is 5.72. The van der Waals surface area contributed by atoms with Crippen LogP contribution in [0.4, 0.5) is 0 Å². The number of nitrogens with zero attached hydrogens (tertiary/aromatic N) is 4. The third kappa shape index (κ3) is 4.51. The van der Waals surface area contributed by atoms with Crippen LogP contribution in [0.15, 0.2) is 35.5 Å². The summed E-state index contributed by atoms with van der Waals surface area (Å²) in [6.07, 6.45) is 0. The van der Waals surface area contributed by atoms with Crippen LogP contribution in [0, 0.1) is 20.8 Å². The molecular weight excluding hydrogens is 348 g/mol. The predicted octanol–water partition coefficient (Wildman–Crippen LogP) is 2.38. The number of aryl methyl sites for hydroxylation is 2. The molecule has 2 aromatic heterocycles. The molecule has 0 spiro atoms. The lowest BCUT2D eigenvalue weighted by atomic mass is 10.2. The molecule has 0 aliphatic carbocycles. The van der Waals surface area contributed by atoms with Gasteiger partial charge in [-0.1, -0.05) is 42.1 Å². The molecule has 3 aromatic rings. The molecule has 8 heteroatoms. The predicted molar refractivity (Wildman–Crippen MR) is 101 cm³/mol. The Hall–Kier alpha value is -2.61. The Morgan fingerprint density at radius 2 is 2.00 bits per heavy atom. The maximum atomic E-state index is 12.1.